The molecule has 2 N–H and O–H groups in total. The molecule has 6 heteroatoms. The van der Waals surface area contributed by atoms with E-state index in [1.54, 1.807) is 13.2 Å². The summed E-state index contributed by atoms with van der Waals surface area (Å²) in [5.74, 6) is 0.603. The number of aromatic nitrogens is 2. The normalized spacial score (nSPS) is 10.5. The van der Waals surface area contributed by atoms with Crippen molar-refractivity contribution in [2.75, 3.05) is 25.6 Å². The summed E-state index contributed by atoms with van der Waals surface area (Å²) in [6.45, 7) is 1.90. The predicted octanol–water partition coefficient (Wildman–Crippen LogP) is 3.52. The minimum Gasteiger partial charge on any atom is -0.385 e. The Morgan fingerprint density at radius 3 is 2.61 bits per heavy atom. The molecule has 0 saturated heterocycles. The van der Waals surface area contributed by atoms with E-state index in [-0.39, 0.29) is 5.91 Å². The van der Waals surface area contributed by atoms with Gasteiger partial charge in [0.2, 0.25) is 0 Å². The van der Waals surface area contributed by atoms with Crippen molar-refractivity contribution >= 4 is 11.7 Å². The molecule has 0 bridgehead atoms. The second kappa shape index (κ2) is 10.2. The summed E-state index contributed by atoms with van der Waals surface area (Å²) >= 11 is 0. The Hall–Kier alpha value is -3.25. The first kappa shape index (κ1) is 19.5. The topological polar surface area (TPSA) is 76.1 Å². The lowest BCUT2D eigenvalue weighted by molar-refractivity contribution is 0.0948. The molecule has 1 aromatic heterocycles. The van der Waals surface area contributed by atoms with Crippen LogP contribution in [0.3, 0.4) is 0 Å². The first-order valence-electron chi connectivity index (χ1n) is 9.25. The van der Waals surface area contributed by atoms with Crippen LogP contribution in [-0.2, 0) is 11.3 Å². The third-order valence-corrected chi connectivity index (χ3v) is 4.21. The molecule has 1 amide bonds. The van der Waals surface area contributed by atoms with Gasteiger partial charge in [0.25, 0.3) is 5.91 Å². The van der Waals surface area contributed by atoms with Crippen molar-refractivity contribution in [2.45, 2.75) is 13.0 Å². The van der Waals surface area contributed by atoms with Crippen LogP contribution in [0.5, 0.6) is 0 Å². The number of carbonyl (C=O) groups is 1. The molecule has 144 valence electrons. The fraction of sp³-hybridized carbons (Fsp3) is 0.227. The van der Waals surface area contributed by atoms with Crippen LogP contribution in [0.15, 0.2) is 66.7 Å². The Labute approximate surface area is 165 Å². The van der Waals surface area contributed by atoms with Crippen LogP contribution in [0.1, 0.15) is 22.3 Å². The van der Waals surface area contributed by atoms with Crippen molar-refractivity contribution in [1.82, 2.24) is 15.5 Å². The van der Waals surface area contributed by atoms with Gasteiger partial charge in [0.1, 0.15) is 5.82 Å². The molecule has 0 fully saturated rings. The lowest BCUT2D eigenvalue weighted by atomic mass is 10.1. The monoisotopic (exact) mass is 376 g/mol. The molecule has 0 radical (unpaired) electrons. The molecular weight excluding hydrogens is 352 g/mol. The van der Waals surface area contributed by atoms with Crippen LogP contribution < -0.4 is 10.6 Å². The van der Waals surface area contributed by atoms with Gasteiger partial charge in [0.05, 0.1) is 5.69 Å². The van der Waals surface area contributed by atoms with Crippen LogP contribution in [0.25, 0.3) is 11.3 Å². The third kappa shape index (κ3) is 5.62. The molecule has 0 unspecified atom stereocenters. The molecule has 3 rings (SSSR count). The Morgan fingerprint density at radius 1 is 1.00 bits per heavy atom. The number of benzene rings is 2. The van der Waals surface area contributed by atoms with Gasteiger partial charge in [-0.2, -0.15) is 0 Å². The van der Waals surface area contributed by atoms with E-state index in [0.717, 1.165) is 17.7 Å². The quantitative estimate of drug-likeness (QED) is 0.559. The summed E-state index contributed by atoms with van der Waals surface area (Å²) in [4.78, 5) is 12.3. The maximum atomic E-state index is 12.3. The first-order chi connectivity index (χ1) is 13.8. The van der Waals surface area contributed by atoms with E-state index in [1.165, 1.54) is 5.56 Å². The van der Waals surface area contributed by atoms with Gasteiger partial charge in [-0.25, -0.2) is 0 Å². The molecule has 0 aliphatic carbocycles. The van der Waals surface area contributed by atoms with Crippen molar-refractivity contribution in [3.8, 4) is 11.3 Å². The molecule has 0 spiro atoms. The second-order valence-electron chi connectivity index (χ2n) is 6.33. The maximum Gasteiger partial charge on any atom is 0.251 e. The van der Waals surface area contributed by atoms with Crippen LogP contribution in [0, 0.1) is 0 Å². The summed E-state index contributed by atoms with van der Waals surface area (Å²) in [7, 11) is 1.65. The second-order valence-corrected chi connectivity index (χ2v) is 6.33. The van der Waals surface area contributed by atoms with E-state index in [9.17, 15) is 4.79 Å². The molecular formula is C22H24N4O2. The molecule has 1 heterocycles. The Balaban J connectivity index is 1.61. The van der Waals surface area contributed by atoms with Gasteiger partial charge in [0.15, 0.2) is 0 Å². The summed E-state index contributed by atoms with van der Waals surface area (Å²) in [6, 6.07) is 21.3. The maximum absolute atomic E-state index is 12.3. The van der Waals surface area contributed by atoms with Crippen molar-refractivity contribution < 1.29 is 9.53 Å². The van der Waals surface area contributed by atoms with Crippen LogP contribution >= 0.6 is 0 Å². The lowest BCUT2D eigenvalue weighted by Crippen LogP contribution is -2.25. The van der Waals surface area contributed by atoms with Crippen LogP contribution in [0.2, 0.25) is 0 Å². The molecule has 28 heavy (non-hydrogen) atoms. The molecule has 3 aromatic rings. The number of amides is 1. The number of methoxy groups -OCH3 is 1. The average molecular weight is 376 g/mol. The third-order valence-electron chi connectivity index (χ3n) is 4.21. The van der Waals surface area contributed by atoms with E-state index in [2.05, 4.69) is 33.0 Å². The van der Waals surface area contributed by atoms with Gasteiger partial charge in [-0.3, -0.25) is 4.79 Å². The Morgan fingerprint density at radius 2 is 1.86 bits per heavy atom. The minimum absolute atomic E-state index is 0.105. The molecule has 0 saturated carbocycles. The zero-order chi connectivity index (χ0) is 19.6. The highest BCUT2D eigenvalue weighted by Crippen LogP contribution is 2.19. The highest BCUT2D eigenvalue weighted by atomic mass is 16.5. The standard InChI is InChI=1S/C22H24N4O2/c1-28-14-6-13-23-22(27)19-10-5-9-18(15-19)20-11-12-21(26-25-20)24-16-17-7-3-2-4-8-17/h2-5,7-12,15H,6,13-14,16H2,1H3,(H,23,27)(H,24,26). The van der Waals surface area contributed by atoms with Crippen molar-refractivity contribution in [3.05, 3.63) is 77.9 Å². The van der Waals surface area contributed by atoms with Gasteiger partial charge in [-0.1, -0.05) is 42.5 Å². The smallest absolute Gasteiger partial charge is 0.251 e. The summed E-state index contributed by atoms with van der Waals surface area (Å²) in [6.07, 6.45) is 0.783. The summed E-state index contributed by atoms with van der Waals surface area (Å²) in [5, 5.41) is 14.7. The van der Waals surface area contributed by atoms with Gasteiger partial charge in [-0.05, 0) is 36.2 Å². The summed E-state index contributed by atoms with van der Waals surface area (Å²) in [5.41, 5.74) is 3.35. The van der Waals surface area contributed by atoms with Gasteiger partial charge in [0, 0.05) is 37.9 Å². The van der Waals surface area contributed by atoms with E-state index in [0.29, 0.717) is 31.1 Å². The van der Waals surface area contributed by atoms with E-state index in [1.807, 2.05) is 48.5 Å². The number of nitrogens with one attached hydrogen (secondary N) is 2. The van der Waals surface area contributed by atoms with Gasteiger partial charge >= 0.3 is 0 Å². The van der Waals surface area contributed by atoms with Gasteiger partial charge in [-0.15, -0.1) is 10.2 Å². The highest BCUT2D eigenvalue weighted by molar-refractivity contribution is 5.95. The Bertz CT molecular complexity index is 883. The number of anilines is 1. The predicted molar refractivity (Wildman–Crippen MR) is 110 cm³/mol. The SMILES string of the molecule is COCCCNC(=O)c1cccc(-c2ccc(NCc3ccccc3)nn2)c1. The number of nitrogens with zero attached hydrogens (tertiary/aromatic N) is 2. The number of rotatable bonds is 9. The number of hydrogen-bond donors (Lipinski definition) is 2. The molecule has 0 atom stereocenters. The lowest BCUT2D eigenvalue weighted by Gasteiger charge is -2.08. The molecule has 6 nitrogen and oxygen atoms in total. The van der Waals surface area contributed by atoms with E-state index in [4.69, 9.17) is 4.74 Å². The fourth-order valence-corrected chi connectivity index (χ4v) is 2.71. The Kier molecular flexibility index (Phi) is 7.09. The van der Waals surface area contributed by atoms with Crippen molar-refractivity contribution in [2.24, 2.45) is 0 Å². The van der Waals surface area contributed by atoms with E-state index < -0.39 is 0 Å². The largest absolute Gasteiger partial charge is 0.385 e. The molecule has 0 aliphatic rings. The van der Waals surface area contributed by atoms with E-state index >= 15 is 0 Å². The summed E-state index contributed by atoms with van der Waals surface area (Å²) < 4.78 is 4.99. The number of ether oxygens (including phenoxy) is 1. The van der Waals surface area contributed by atoms with Gasteiger partial charge < -0.3 is 15.4 Å². The number of hydrogen-bond acceptors (Lipinski definition) is 5. The zero-order valence-corrected chi connectivity index (χ0v) is 15.9. The molecule has 0 aliphatic heterocycles. The van der Waals surface area contributed by atoms with Crippen molar-refractivity contribution in [3.63, 3.8) is 0 Å². The minimum atomic E-state index is -0.105. The van der Waals surface area contributed by atoms with Crippen LogP contribution in [-0.4, -0.2) is 36.4 Å². The highest BCUT2D eigenvalue weighted by Gasteiger charge is 2.08. The zero-order valence-electron chi connectivity index (χ0n) is 15.9. The van der Waals surface area contributed by atoms with Crippen molar-refractivity contribution in [1.29, 1.82) is 0 Å². The average Bonchev–Trinajstić information content (AvgIpc) is 2.76. The number of carbonyl (C=O) groups excluding carboxylic acids is 1. The fourth-order valence-electron chi connectivity index (χ4n) is 2.71. The van der Waals surface area contributed by atoms with Crippen LogP contribution in [0.4, 0.5) is 5.82 Å². The molecule has 2 aromatic carbocycles. The first-order valence-corrected chi connectivity index (χ1v) is 9.25.